The number of aromatic amines is 2. The molecule has 0 radical (unpaired) electrons. The van der Waals surface area contributed by atoms with Crippen molar-refractivity contribution in [2.75, 3.05) is 35.0 Å². The Hall–Kier alpha value is -5.58. The van der Waals surface area contributed by atoms with E-state index < -0.39 is 42.3 Å². The van der Waals surface area contributed by atoms with Crippen molar-refractivity contribution in [3.05, 3.63) is 72.6 Å². The number of hydrogen-bond donors (Lipinski definition) is 4. The SMILES string of the molecule is COOC=N[C@H](C(=O)N1CCC[C@H]1c1ncc(-c2ccc(-c3ccc(-c4cnc([C@@H](NC(=O)[C@@H](NC(=O)OC)[C@@H](C)OC)C(C)C)[nH]4)cc3)cc2)[nH]1)[C@@H](C)OC. The molecule has 6 atom stereocenters. The zero-order valence-corrected chi connectivity index (χ0v) is 33.1. The van der Waals surface area contributed by atoms with Crippen LogP contribution in [0.3, 0.4) is 0 Å². The van der Waals surface area contributed by atoms with E-state index in [0.29, 0.717) is 12.4 Å². The van der Waals surface area contributed by atoms with Gasteiger partial charge in [-0.25, -0.2) is 19.8 Å². The molecule has 16 heteroatoms. The molecule has 0 saturated carbocycles. The minimum atomic E-state index is -0.963. The van der Waals surface area contributed by atoms with Gasteiger partial charge in [-0.15, -0.1) is 0 Å². The molecule has 1 fully saturated rings. The monoisotopic (exact) mass is 772 g/mol. The molecule has 0 spiro atoms. The summed E-state index contributed by atoms with van der Waals surface area (Å²) in [6.07, 6.45) is 4.49. The fourth-order valence-electron chi connectivity index (χ4n) is 6.62. The topological polar surface area (TPSA) is 194 Å². The van der Waals surface area contributed by atoms with Crippen molar-refractivity contribution in [2.45, 2.75) is 76.9 Å². The number of ether oxygens (including phenoxy) is 3. The summed E-state index contributed by atoms with van der Waals surface area (Å²) in [6, 6.07) is 13.9. The van der Waals surface area contributed by atoms with Gasteiger partial charge in [-0.05, 0) is 54.9 Å². The summed E-state index contributed by atoms with van der Waals surface area (Å²) in [7, 11) is 5.61. The number of nitrogens with one attached hydrogen (secondary N) is 4. The molecule has 0 bridgehead atoms. The number of aliphatic imine (C=N–C) groups is 1. The predicted octanol–water partition coefficient (Wildman–Crippen LogP) is 5.38. The molecule has 1 aliphatic rings. The standard InChI is InChI=1S/C40H52N8O8/c1-23(2)33(46-38(49)34(24(3)52-5)47-40(51)54-7)37-42-21-31(45-37)29-17-13-27(14-18-29)26-11-15-28(16-12-26)30-20-41-36(44-30)32-10-9-19-48(32)39(50)35(25(4)53-6)43-22-56-55-8/h11-18,20-25,32-35H,9-10,19H2,1-8H3,(H,41,44)(H,42,45)(H,46,49)(H,47,51)/t24-,25-,32+,33+,34+,35+/m1/s1. The number of benzene rings is 2. The highest BCUT2D eigenvalue weighted by molar-refractivity contribution is 5.86. The lowest BCUT2D eigenvalue weighted by Gasteiger charge is -2.28. The number of methoxy groups -OCH3 is 3. The molecule has 16 nitrogen and oxygen atoms in total. The van der Waals surface area contributed by atoms with Crippen LogP contribution in [0, 0.1) is 5.92 Å². The molecule has 0 unspecified atom stereocenters. The first-order valence-corrected chi connectivity index (χ1v) is 18.5. The fraction of sp³-hybridized carbons (Fsp3) is 0.450. The molecule has 3 heterocycles. The number of amides is 3. The van der Waals surface area contributed by atoms with Crippen molar-refractivity contribution < 1.29 is 38.4 Å². The van der Waals surface area contributed by atoms with E-state index in [1.165, 1.54) is 21.3 Å². The largest absolute Gasteiger partial charge is 0.453 e. The van der Waals surface area contributed by atoms with Crippen LogP contribution in [0.1, 0.15) is 64.3 Å². The number of aromatic nitrogens is 4. The van der Waals surface area contributed by atoms with Crippen molar-refractivity contribution in [2.24, 2.45) is 10.9 Å². The molecule has 56 heavy (non-hydrogen) atoms. The Labute approximate surface area is 326 Å². The van der Waals surface area contributed by atoms with Crippen LogP contribution in [-0.2, 0) is 33.6 Å². The molecule has 3 amide bonds. The fourth-order valence-corrected chi connectivity index (χ4v) is 6.62. The highest BCUT2D eigenvalue weighted by Crippen LogP contribution is 2.34. The number of alkyl carbamates (subject to hydrolysis) is 1. The third kappa shape index (κ3) is 9.80. The summed E-state index contributed by atoms with van der Waals surface area (Å²) in [5.74, 6) is 0.710. The predicted molar refractivity (Wildman–Crippen MR) is 209 cm³/mol. The van der Waals surface area contributed by atoms with E-state index >= 15 is 0 Å². The Morgan fingerprint density at radius 1 is 0.821 bits per heavy atom. The van der Waals surface area contributed by atoms with Crippen LogP contribution >= 0.6 is 0 Å². The van der Waals surface area contributed by atoms with Gasteiger partial charge in [0.05, 0.1) is 62.3 Å². The van der Waals surface area contributed by atoms with Crippen molar-refractivity contribution in [1.82, 2.24) is 35.5 Å². The number of rotatable bonds is 17. The van der Waals surface area contributed by atoms with Gasteiger partial charge in [-0.3, -0.25) is 9.59 Å². The molecule has 1 saturated heterocycles. The van der Waals surface area contributed by atoms with Gasteiger partial charge < -0.3 is 44.6 Å². The Morgan fingerprint density at radius 2 is 1.41 bits per heavy atom. The van der Waals surface area contributed by atoms with Gasteiger partial charge in [0.15, 0.2) is 6.04 Å². The summed E-state index contributed by atoms with van der Waals surface area (Å²) in [6.45, 7) is 8.03. The van der Waals surface area contributed by atoms with Gasteiger partial charge in [0, 0.05) is 20.8 Å². The number of carbonyl (C=O) groups is 3. The van der Waals surface area contributed by atoms with Crippen molar-refractivity contribution in [3.63, 3.8) is 0 Å². The second-order valence-corrected chi connectivity index (χ2v) is 13.9. The molecule has 300 valence electrons. The molecule has 5 rings (SSSR count). The first kappa shape index (κ1) is 41.6. The summed E-state index contributed by atoms with van der Waals surface area (Å²) in [5.41, 5.74) is 5.62. The van der Waals surface area contributed by atoms with E-state index in [4.69, 9.17) is 19.1 Å². The van der Waals surface area contributed by atoms with Crippen LogP contribution in [-0.4, -0.2) is 108 Å². The lowest BCUT2D eigenvalue weighted by atomic mass is 10.0. The van der Waals surface area contributed by atoms with Crippen molar-refractivity contribution in [1.29, 1.82) is 0 Å². The molecule has 0 aliphatic carbocycles. The summed E-state index contributed by atoms with van der Waals surface area (Å²) in [4.78, 5) is 70.3. The quantitative estimate of drug-likeness (QED) is 0.0469. The maximum Gasteiger partial charge on any atom is 0.407 e. The Balaban J connectivity index is 1.25. The van der Waals surface area contributed by atoms with E-state index in [1.54, 1.807) is 38.3 Å². The molecule has 2 aromatic heterocycles. The average Bonchev–Trinajstić information content (AvgIpc) is 4.02. The lowest BCUT2D eigenvalue weighted by molar-refractivity contribution is -0.188. The lowest BCUT2D eigenvalue weighted by Crippen LogP contribution is -2.54. The zero-order valence-electron chi connectivity index (χ0n) is 33.1. The molecular weight excluding hydrogens is 720 g/mol. The van der Waals surface area contributed by atoms with Gasteiger partial charge >= 0.3 is 6.09 Å². The minimum Gasteiger partial charge on any atom is -0.453 e. The highest BCUT2D eigenvalue weighted by Gasteiger charge is 2.38. The van der Waals surface area contributed by atoms with Crippen LogP contribution < -0.4 is 10.6 Å². The smallest absolute Gasteiger partial charge is 0.407 e. The first-order valence-electron chi connectivity index (χ1n) is 18.5. The third-order valence-corrected chi connectivity index (χ3v) is 10.0. The minimum absolute atomic E-state index is 0.0138. The number of imidazole rings is 2. The number of carbonyl (C=O) groups excluding carboxylic acids is 3. The van der Waals surface area contributed by atoms with Crippen LogP contribution in [0.2, 0.25) is 0 Å². The van der Waals surface area contributed by atoms with Gasteiger partial charge in [-0.1, -0.05) is 62.4 Å². The molecule has 2 aromatic carbocycles. The Kier molecular flexibility index (Phi) is 14.4. The van der Waals surface area contributed by atoms with Crippen molar-refractivity contribution in [3.8, 4) is 33.6 Å². The number of likely N-dealkylation sites (tertiary alicyclic amines) is 1. The van der Waals surface area contributed by atoms with Crippen LogP contribution in [0.4, 0.5) is 4.79 Å². The number of nitrogens with zero attached hydrogens (tertiary/aromatic N) is 4. The van der Waals surface area contributed by atoms with E-state index in [-0.39, 0.29) is 17.9 Å². The summed E-state index contributed by atoms with van der Waals surface area (Å²) >= 11 is 0. The second kappa shape index (κ2) is 19.3. The van der Waals surface area contributed by atoms with Crippen molar-refractivity contribution >= 4 is 24.3 Å². The van der Waals surface area contributed by atoms with Gasteiger partial charge in [0.2, 0.25) is 12.3 Å². The Morgan fingerprint density at radius 3 is 1.98 bits per heavy atom. The first-order chi connectivity index (χ1) is 27.0. The second-order valence-electron chi connectivity index (χ2n) is 13.9. The molecule has 4 N–H and O–H groups in total. The molecular formula is C40H52N8O8. The Bertz CT molecular complexity index is 1930. The van der Waals surface area contributed by atoms with Gasteiger partial charge in [0.25, 0.3) is 5.91 Å². The van der Waals surface area contributed by atoms with E-state index in [0.717, 1.165) is 58.7 Å². The maximum absolute atomic E-state index is 13.6. The highest BCUT2D eigenvalue weighted by atomic mass is 17.2. The third-order valence-electron chi connectivity index (χ3n) is 10.0. The molecule has 1 aliphatic heterocycles. The normalized spacial score (nSPS) is 17.0. The van der Waals surface area contributed by atoms with E-state index in [9.17, 15) is 14.4 Å². The van der Waals surface area contributed by atoms with E-state index in [2.05, 4.69) is 52.6 Å². The van der Waals surface area contributed by atoms with E-state index in [1.807, 2.05) is 50.2 Å². The maximum atomic E-state index is 13.6. The van der Waals surface area contributed by atoms with Gasteiger partial charge in [-0.2, -0.15) is 4.89 Å². The summed E-state index contributed by atoms with van der Waals surface area (Å²) in [5, 5.41) is 5.55. The van der Waals surface area contributed by atoms with Gasteiger partial charge in [0.1, 0.15) is 17.7 Å². The van der Waals surface area contributed by atoms with Crippen LogP contribution in [0.25, 0.3) is 33.6 Å². The number of hydrogen-bond acceptors (Lipinski definition) is 11. The molecule has 4 aromatic rings. The number of H-pyrrole nitrogens is 2. The summed E-state index contributed by atoms with van der Waals surface area (Å²) < 4.78 is 15.5. The van der Waals surface area contributed by atoms with Crippen LogP contribution in [0.5, 0.6) is 0 Å². The zero-order chi connectivity index (χ0) is 40.4. The average molecular weight is 773 g/mol. The van der Waals surface area contributed by atoms with Crippen LogP contribution in [0.15, 0.2) is 65.9 Å².